The molecule has 0 fully saturated rings. The van der Waals surface area contributed by atoms with Gasteiger partial charge in [0.15, 0.2) is 5.69 Å². The maximum absolute atomic E-state index is 12.3. The average Bonchev–Trinajstić information content (AvgIpc) is 3.22. The highest BCUT2D eigenvalue weighted by Crippen LogP contribution is 2.20. The number of esters is 1. The van der Waals surface area contributed by atoms with Gasteiger partial charge in [-0.05, 0) is 30.2 Å². The van der Waals surface area contributed by atoms with Gasteiger partial charge in [-0.15, -0.1) is 5.10 Å². The number of para-hydroxylation sites is 1. The van der Waals surface area contributed by atoms with E-state index < -0.39 is 11.6 Å². The molecule has 0 aliphatic carbocycles. The molecule has 0 atom stereocenters. The van der Waals surface area contributed by atoms with Gasteiger partial charge >= 0.3 is 11.6 Å². The van der Waals surface area contributed by atoms with E-state index in [0.29, 0.717) is 11.1 Å². The number of aromatic nitrogens is 3. The maximum Gasteiger partial charge on any atom is 0.360 e. The third-order valence-electron chi connectivity index (χ3n) is 4.35. The number of hydrogen-bond donors (Lipinski definition) is 0. The molecule has 0 radical (unpaired) electrons. The van der Waals surface area contributed by atoms with Crippen LogP contribution in [0.15, 0.2) is 70.0 Å². The Balaban J connectivity index is 1.54. The Labute approximate surface area is 160 Å². The van der Waals surface area contributed by atoms with Gasteiger partial charge in [0.1, 0.15) is 12.2 Å². The molecule has 0 saturated carbocycles. The van der Waals surface area contributed by atoms with Crippen LogP contribution in [0.25, 0.3) is 16.7 Å². The van der Waals surface area contributed by atoms with Crippen molar-refractivity contribution in [3.63, 3.8) is 0 Å². The predicted octanol–water partition coefficient (Wildman–Crippen LogP) is 3.29. The van der Waals surface area contributed by atoms with E-state index >= 15 is 0 Å². The Hall–Kier alpha value is -3.74. The molecule has 2 aromatic carbocycles. The molecule has 0 bridgehead atoms. The average molecular weight is 375 g/mol. The van der Waals surface area contributed by atoms with E-state index in [1.54, 1.807) is 0 Å². The SMILES string of the molecule is CCc1ccc2c(COC(=O)c3cnn(-c4ccccc4)n3)cc(=O)oc2c1. The number of hydrogen-bond acceptors (Lipinski definition) is 6. The Morgan fingerprint density at radius 2 is 1.96 bits per heavy atom. The number of carbonyl (C=O) groups excluding carboxylic acids is 1. The second-order valence-electron chi connectivity index (χ2n) is 6.21. The molecular formula is C21H17N3O4. The van der Waals surface area contributed by atoms with Gasteiger partial charge < -0.3 is 9.15 Å². The van der Waals surface area contributed by atoms with Gasteiger partial charge in [0.05, 0.1) is 11.9 Å². The molecule has 0 saturated heterocycles. The number of aryl methyl sites for hydroxylation is 1. The van der Waals surface area contributed by atoms with Gasteiger partial charge in [-0.3, -0.25) is 0 Å². The summed E-state index contributed by atoms with van der Waals surface area (Å²) in [5, 5.41) is 8.97. The number of rotatable bonds is 5. The first-order chi connectivity index (χ1) is 13.6. The third-order valence-corrected chi connectivity index (χ3v) is 4.35. The number of ether oxygens (including phenoxy) is 1. The van der Waals surface area contributed by atoms with Crippen molar-refractivity contribution in [2.24, 2.45) is 0 Å². The number of fused-ring (bicyclic) bond motifs is 1. The van der Waals surface area contributed by atoms with Crippen molar-refractivity contribution >= 4 is 16.9 Å². The summed E-state index contributed by atoms with van der Waals surface area (Å²) in [6.07, 6.45) is 2.18. The van der Waals surface area contributed by atoms with Crippen LogP contribution in [0.4, 0.5) is 0 Å². The van der Waals surface area contributed by atoms with Gasteiger partial charge in [0, 0.05) is 17.0 Å². The lowest BCUT2D eigenvalue weighted by Crippen LogP contribution is -2.09. The molecule has 0 aliphatic rings. The van der Waals surface area contributed by atoms with Crippen LogP contribution in [0.5, 0.6) is 0 Å². The topological polar surface area (TPSA) is 87.2 Å². The van der Waals surface area contributed by atoms with Crippen molar-refractivity contribution in [1.29, 1.82) is 0 Å². The molecule has 0 amide bonds. The molecular weight excluding hydrogens is 358 g/mol. The van der Waals surface area contributed by atoms with Crippen LogP contribution in [-0.2, 0) is 17.8 Å². The summed E-state index contributed by atoms with van der Waals surface area (Å²) >= 11 is 0. The Bertz CT molecular complexity index is 1200. The van der Waals surface area contributed by atoms with Crippen LogP contribution < -0.4 is 5.63 Å². The van der Waals surface area contributed by atoms with Crippen LogP contribution in [0, 0.1) is 0 Å². The minimum absolute atomic E-state index is 0.0649. The molecule has 2 heterocycles. The van der Waals surface area contributed by atoms with Crippen LogP contribution >= 0.6 is 0 Å². The molecule has 2 aromatic heterocycles. The Morgan fingerprint density at radius 1 is 1.14 bits per heavy atom. The van der Waals surface area contributed by atoms with Crippen LogP contribution in [0.3, 0.4) is 0 Å². The molecule has 0 unspecified atom stereocenters. The fraction of sp³-hybridized carbons (Fsp3) is 0.143. The highest BCUT2D eigenvalue weighted by atomic mass is 16.5. The summed E-state index contributed by atoms with van der Waals surface area (Å²) < 4.78 is 10.6. The van der Waals surface area contributed by atoms with E-state index in [1.807, 2.05) is 55.5 Å². The smallest absolute Gasteiger partial charge is 0.360 e. The molecule has 7 heteroatoms. The second kappa shape index (κ2) is 7.48. The van der Waals surface area contributed by atoms with E-state index in [1.165, 1.54) is 17.1 Å². The molecule has 7 nitrogen and oxygen atoms in total. The Morgan fingerprint density at radius 3 is 2.75 bits per heavy atom. The van der Waals surface area contributed by atoms with Gasteiger partial charge in [-0.1, -0.05) is 37.3 Å². The van der Waals surface area contributed by atoms with E-state index in [9.17, 15) is 9.59 Å². The standard InChI is InChI=1S/C21H17N3O4/c1-2-14-8-9-17-15(11-20(25)28-19(17)10-14)13-27-21(26)18-12-22-24(23-18)16-6-4-3-5-7-16/h3-12H,2,13H2,1H3. The first-order valence-electron chi connectivity index (χ1n) is 8.84. The molecule has 140 valence electrons. The quantitative estimate of drug-likeness (QED) is 0.393. The summed E-state index contributed by atoms with van der Waals surface area (Å²) in [5.41, 5.74) is 2.46. The number of benzene rings is 2. The van der Waals surface area contributed by atoms with E-state index in [2.05, 4.69) is 10.2 Å². The minimum Gasteiger partial charge on any atom is -0.456 e. The van der Waals surface area contributed by atoms with Gasteiger partial charge in [0.25, 0.3) is 0 Å². The molecule has 0 N–H and O–H groups in total. The lowest BCUT2D eigenvalue weighted by atomic mass is 10.1. The van der Waals surface area contributed by atoms with E-state index in [0.717, 1.165) is 23.1 Å². The van der Waals surface area contributed by atoms with Crippen molar-refractivity contribution in [1.82, 2.24) is 15.0 Å². The first-order valence-corrected chi connectivity index (χ1v) is 8.84. The monoisotopic (exact) mass is 375 g/mol. The molecule has 28 heavy (non-hydrogen) atoms. The zero-order valence-electron chi connectivity index (χ0n) is 15.2. The fourth-order valence-corrected chi connectivity index (χ4v) is 2.87. The van der Waals surface area contributed by atoms with Crippen molar-refractivity contribution < 1.29 is 13.9 Å². The number of carbonyl (C=O) groups is 1. The molecule has 4 rings (SSSR count). The molecule has 0 spiro atoms. The lowest BCUT2D eigenvalue weighted by molar-refractivity contribution is 0.0466. The lowest BCUT2D eigenvalue weighted by Gasteiger charge is -2.07. The van der Waals surface area contributed by atoms with Gasteiger partial charge in [-0.25, -0.2) is 9.59 Å². The normalized spacial score (nSPS) is 10.9. The highest BCUT2D eigenvalue weighted by molar-refractivity contribution is 5.87. The van der Waals surface area contributed by atoms with Crippen molar-refractivity contribution in [3.8, 4) is 5.69 Å². The predicted molar refractivity (Wildman–Crippen MR) is 102 cm³/mol. The minimum atomic E-state index is -0.617. The van der Waals surface area contributed by atoms with Crippen LogP contribution in [0.1, 0.15) is 28.5 Å². The van der Waals surface area contributed by atoms with Crippen molar-refractivity contribution in [2.75, 3.05) is 0 Å². The zero-order chi connectivity index (χ0) is 19.5. The summed E-state index contributed by atoms with van der Waals surface area (Å²) in [7, 11) is 0. The Kier molecular flexibility index (Phi) is 4.72. The van der Waals surface area contributed by atoms with Crippen molar-refractivity contribution in [2.45, 2.75) is 20.0 Å². The summed E-state index contributed by atoms with van der Waals surface area (Å²) in [6, 6.07) is 16.2. The summed E-state index contributed by atoms with van der Waals surface area (Å²) in [4.78, 5) is 25.5. The second-order valence-corrected chi connectivity index (χ2v) is 6.21. The van der Waals surface area contributed by atoms with Crippen LogP contribution in [-0.4, -0.2) is 21.0 Å². The summed E-state index contributed by atoms with van der Waals surface area (Å²) in [5.74, 6) is -0.617. The molecule has 4 aromatic rings. The van der Waals surface area contributed by atoms with Crippen LogP contribution in [0.2, 0.25) is 0 Å². The largest absolute Gasteiger partial charge is 0.456 e. The molecule has 0 aliphatic heterocycles. The highest BCUT2D eigenvalue weighted by Gasteiger charge is 2.15. The fourth-order valence-electron chi connectivity index (χ4n) is 2.87. The maximum atomic E-state index is 12.3. The van der Waals surface area contributed by atoms with E-state index in [-0.39, 0.29) is 12.3 Å². The zero-order valence-corrected chi connectivity index (χ0v) is 15.2. The summed E-state index contributed by atoms with van der Waals surface area (Å²) in [6.45, 7) is 1.96. The van der Waals surface area contributed by atoms with E-state index in [4.69, 9.17) is 9.15 Å². The first kappa shape index (κ1) is 17.7. The van der Waals surface area contributed by atoms with Gasteiger partial charge in [0.2, 0.25) is 0 Å². The van der Waals surface area contributed by atoms with Crippen molar-refractivity contribution in [3.05, 3.63) is 88.0 Å². The third kappa shape index (κ3) is 3.55. The number of nitrogens with zero attached hydrogens (tertiary/aromatic N) is 3. The van der Waals surface area contributed by atoms with Gasteiger partial charge in [-0.2, -0.15) is 9.90 Å².